The summed E-state index contributed by atoms with van der Waals surface area (Å²) in [6.45, 7) is 4.08. The summed E-state index contributed by atoms with van der Waals surface area (Å²) in [5.74, 6) is -1.70. The summed E-state index contributed by atoms with van der Waals surface area (Å²) in [5, 5.41) is 10.4. The van der Waals surface area contributed by atoms with Crippen molar-refractivity contribution in [3.63, 3.8) is 0 Å². The van der Waals surface area contributed by atoms with E-state index in [9.17, 15) is 13.9 Å². The molecular weight excluding hydrogens is 272 g/mol. The van der Waals surface area contributed by atoms with E-state index in [2.05, 4.69) is 0 Å². The number of halogens is 2. The molecule has 4 heteroatoms. The summed E-state index contributed by atoms with van der Waals surface area (Å²) in [4.78, 5) is 0. The predicted octanol–water partition coefficient (Wildman–Crippen LogP) is 3.36. The third-order valence-electron chi connectivity index (χ3n) is 3.87. The Morgan fingerprint density at radius 3 is 2.38 bits per heavy atom. The van der Waals surface area contributed by atoms with E-state index in [0.29, 0.717) is 0 Å². The Labute approximate surface area is 123 Å². The zero-order chi connectivity index (χ0) is 15.6. The molecule has 0 saturated heterocycles. The number of aliphatic hydroxyl groups excluding tert-OH is 1. The fourth-order valence-corrected chi connectivity index (χ4v) is 2.40. The third-order valence-corrected chi connectivity index (χ3v) is 3.87. The van der Waals surface area contributed by atoms with Crippen LogP contribution in [0.5, 0.6) is 0 Å². The second-order valence-corrected chi connectivity index (χ2v) is 5.30. The van der Waals surface area contributed by atoms with Crippen LogP contribution in [0, 0.1) is 25.5 Å². The standard InChI is InChI=1S/C17H19F2NO/c1-10-3-4-12(7-11(10)2)15(9-20)17(21)14-8-13(18)5-6-16(14)19/h3-8,15,17,21H,9,20H2,1-2H3. The Balaban J connectivity index is 2.40. The smallest absolute Gasteiger partial charge is 0.129 e. The van der Waals surface area contributed by atoms with E-state index in [0.717, 1.165) is 34.9 Å². The van der Waals surface area contributed by atoms with Gasteiger partial charge in [-0.1, -0.05) is 18.2 Å². The number of rotatable bonds is 4. The second-order valence-electron chi connectivity index (χ2n) is 5.30. The molecule has 2 atom stereocenters. The summed E-state index contributed by atoms with van der Waals surface area (Å²) in [6.07, 6.45) is -1.19. The van der Waals surface area contributed by atoms with Crippen molar-refractivity contribution in [1.29, 1.82) is 0 Å². The maximum absolute atomic E-state index is 13.8. The van der Waals surface area contributed by atoms with Crippen molar-refractivity contribution < 1.29 is 13.9 Å². The molecule has 3 N–H and O–H groups in total. The molecule has 112 valence electrons. The van der Waals surface area contributed by atoms with Crippen LogP contribution in [0.2, 0.25) is 0 Å². The third kappa shape index (κ3) is 3.28. The van der Waals surface area contributed by atoms with E-state index in [4.69, 9.17) is 5.73 Å². The molecule has 2 nitrogen and oxygen atoms in total. The van der Waals surface area contributed by atoms with Crippen LogP contribution in [0.1, 0.15) is 34.3 Å². The number of nitrogens with two attached hydrogens (primary N) is 1. The molecule has 0 fully saturated rings. The first-order valence-electron chi connectivity index (χ1n) is 6.84. The second kappa shape index (κ2) is 6.33. The number of hydrogen-bond acceptors (Lipinski definition) is 2. The van der Waals surface area contributed by atoms with Gasteiger partial charge in [-0.15, -0.1) is 0 Å². The molecule has 2 aromatic carbocycles. The van der Waals surface area contributed by atoms with Crippen LogP contribution < -0.4 is 5.73 Å². The fraction of sp³-hybridized carbons (Fsp3) is 0.294. The highest BCUT2D eigenvalue weighted by atomic mass is 19.1. The molecule has 2 unspecified atom stereocenters. The number of benzene rings is 2. The molecule has 21 heavy (non-hydrogen) atoms. The van der Waals surface area contributed by atoms with E-state index in [-0.39, 0.29) is 12.1 Å². The maximum Gasteiger partial charge on any atom is 0.129 e. The van der Waals surface area contributed by atoms with Gasteiger partial charge in [-0.2, -0.15) is 0 Å². The van der Waals surface area contributed by atoms with Gasteiger partial charge in [-0.05, 0) is 48.7 Å². The van der Waals surface area contributed by atoms with Gasteiger partial charge in [0.15, 0.2) is 0 Å². The molecule has 0 spiro atoms. The van der Waals surface area contributed by atoms with Crippen molar-refractivity contribution in [3.8, 4) is 0 Å². The molecule has 0 heterocycles. The fourth-order valence-electron chi connectivity index (χ4n) is 2.40. The lowest BCUT2D eigenvalue weighted by atomic mass is 9.87. The van der Waals surface area contributed by atoms with E-state index in [1.165, 1.54) is 0 Å². The van der Waals surface area contributed by atoms with Crippen LogP contribution in [-0.4, -0.2) is 11.7 Å². The predicted molar refractivity (Wildman–Crippen MR) is 79.0 cm³/mol. The van der Waals surface area contributed by atoms with Crippen LogP contribution in [0.15, 0.2) is 36.4 Å². The summed E-state index contributed by atoms with van der Waals surface area (Å²) in [7, 11) is 0. The Morgan fingerprint density at radius 1 is 1.05 bits per heavy atom. The highest BCUT2D eigenvalue weighted by Gasteiger charge is 2.24. The van der Waals surface area contributed by atoms with E-state index < -0.39 is 23.7 Å². The minimum atomic E-state index is -1.19. The normalized spacial score (nSPS) is 14.0. The minimum Gasteiger partial charge on any atom is -0.388 e. The number of aliphatic hydroxyl groups is 1. The van der Waals surface area contributed by atoms with Crippen molar-refractivity contribution in [3.05, 3.63) is 70.3 Å². The Hall–Kier alpha value is -1.78. The van der Waals surface area contributed by atoms with Crippen molar-refractivity contribution in [2.45, 2.75) is 25.9 Å². The molecular formula is C17H19F2NO. The van der Waals surface area contributed by atoms with Gasteiger partial charge in [0.1, 0.15) is 11.6 Å². The molecule has 0 aliphatic heterocycles. The largest absolute Gasteiger partial charge is 0.388 e. The quantitative estimate of drug-likeness (QED) is 0.907. The topological polar surface area (TPSA) is 46.2 Å². The lowest BCUT2D eigenvalue weighted by molar-refractivity contribution is 0.142. The monoisotopic (exact) mass is 291 g/mol. The lowest BCUT2D eigenvalue weighted by Gasteiger charge is -2.23. The Kier molecular flexibility index (Phi) is 4.70. The van der Waals surface area contributed by atoms with E-state index in [1.54, 1.807) is 0 Å². The molecule has 0 aliphatic rings. The first kappa shape index (κ1) is 15.6. The molecule has 0 aliphatic carbocycles. The van der Waals surface area contributed by atoms with Gasteiger partial charge in [0.2, 0.25) is 0 Å². The van der Waals surface area contributed by atoms with Gasteiger partial charge < -0.3 is 10.8 Å². The average molecular weight is 291 g/mol. The summed E-state index contributed by atoms with van der Waals surface area (Å²) in [5.41, 5.74) is 8.69. The highest BCUT2D eigenvalue weighted by molar-refractivity contribution is 5.34. The molecule has 0 bridgehead atoms. The average Bonchev–Trinajstić information content (AvgIpc) is 2.46. The van der Waals surface area contributed by atoms with Crippen LogP contribution in [-0.2, 0) is 0 Å². The van der Waals surface area contributed by atoms with Crippen LogP contribution in [0.3, 0.4) is 0 Å². The SMILES string of the molecule is Cc1ccc(C(CN)C(O)c2cc(F)ccc2F)cc1C. The van der Waals surface area contributed by atoms with Crippen LogP contribution >= 0.6 is 0 Å². The molecule has 2 aromatic rings. The Morgan fingerprint density at radius 2 is 1.76 bits per heavy atom. The lowest BCUT2D eigenvalue weighted by Crippen LogP contribution is -2.21. The highest BCUT2D eigenvalue weighted by Crippen LogP contribution is 2.32. The van der Waals surface area contributed by atoms with Crippen molar-refractivity contribution in [2.24, 2.45) is 5.73 Å². The van der Waals surface area contributed by atoms with Crippen molar-refractivity contribution in [1.82, 2.24) is 0 Å². The first-order valence-corrected chi connectivity index (χ1v) is 6.84. The molecule has 2 rings (SSSR count). The van der Waals surface area contributed by atoms with Gasteiger partial charge in [0.05, 0.1) is 6.10 Å². The van der Waals surface area contributed by atoms with E-state index in [1.807, 2.05) is 32.0 Å². The van der Waals surface area contributed by atoms with Crippen molar-refractivity contribution in [2.75, 3.05) is 6.54 Å². The van der Waals surface area contributed by atoms with Gasteiger partial charge in [-0.25, -0.2) is 8.78 Å². The summed E-state index contributed by atoms with van der Waals surface area (Å²) >= 11 is 0. The molecule has 0 amide bonds. The zero-order valence-electron chi connectivity index (χ0n) is 12.1. The number of hydrogen-bond donors (Lipinski definition) is 2. The van der Waals surface area contributed by atoms with Crippen LogP contribution in [0.25, 0.3) is 0 Å². The molecule has 0 saturated carbocycles. The summed E-state index contributed by atoms with van der Waals surface area (Å²) in [6, 6.07) is 8.78. The van der Waals surface area contributed by atoms with Crippen molar-refractivity contribution >= 4 is 0 Å². The first-order chi connectivity index (χ1) is 9.93. The zero-order valence-corrected chi connectivity index (χ0v) is 12.1. The van der Waals surface area contributed by atoms with Gasteiger partial charge in [0.25, 0.3) is 0 Å². The maximum atomic E-state index is 13.8. The van der Waals surface area contributed by atoms with Gasteiger partial charge >= 0.3 is 0 Å². The van der Waals surface area contributed by atoms with Crippen LogP contribution in [0.4, 0.5) is 8.78 Å². The minimum absolute atomic E-state index is 0.0660. The molecule has 0 aromatic heterocycles. The summed E-state index contributed by atoms with van der Waals surface area (Å²) < 4.78 is 27.1. The number of aryl methyl sites for hydroxylation is 2. The van der Waals surface area contributed by atoms with E-state index >= 15 is 0 Å². The Bertz CT molecular complexity index is 643. The van der Waals surface area contributed by atoms with Gasteiger partial charge in [0, 0.05) is 18.0 Å². The van der Waals surface area contributed by atoms with Gasteiger partial charge in [-0.3, -0.25) is 0 Å². The molecule has 0 radical (unpaired) electrons.